The van der Waals surface area contributed by atoms with E-state index in [2.05, 4.69) is 72.2 Å². The summed E-state index contributed by atoms with van der Waals surface area (Å²) in [6, 6.07) is 8.03. The summed E-state index contributed by atoms with van der Waals surface area (Å²) in [6.45, 7) is 12.9. The Morgan fingerprint density at radius 3 is 2.55 bits per heavy atom. The van der Waals surface area contributed by atoms with Gasteiger partial charge in [0.15, 0.2) is 0 Å². The number of hydrogen-bond donors (Lipinski definition) is 2. The lowest BCUT2D eigenvalue weighted by atomic mass is 9.92. The highest BCUT2D eigenvalue weighted by Gasteiger charge is 2.29. The molecule has 1 amide bonds. The van der Waals surface area contributed by atoms with Crippen LogP contribution in [0.5, 0.6) is 5.88 Å². The topological polar surface area (TPSA) is 63.2 Å². The Kier molecular flexibility index (Phi) is 13.1. The molecule has 5 nitrogen and oxygen atoms in total. The average Bonchev–Trinajstić information content (AvgIpc) is 3.32. The van der Waals surface area contributed by atoms with Crippen LogP contribution >= 0.6 is 27.5 Å². The number of carbonyl (C=O) groups excluding carboxylic acids is 1. The van der Waals surface area contributed by atoms with Crippen molar-refractivity contribution in [3.63, 3.8) is 0 Å². The fourth-order valence-corrected chi connectivity index (χ4v) is 5.35. The van der Waals surface area contributed by atoms with Crippen molar-refractivity contribution in [1.29, 1.82) is 0 Å². The third kappa shape index (κ3) is 8.19. The van der Waals surface area contributed by atoms with Crippen molar-refractivity contribution in [3.05, 3.63) is 44.9 Å². The monoisotopic (exact) mass is 607 g/mol. The number of rotatable bonds is 11. The molecule has 38 heavy (non-hydrogen) atoms. The van der Waals surface area contributed by atoms with Crippen LogP contribution in [0.15, 0.2) is 28.7 Å². The number of fused-ring (bicyclic) bond motifs is 1. The van der Waals surface area contributed by atoms with Crippen LogP contribution in [-0.4, -0.2) is 30.7 Å². The molecule has 0 aliphatic heterocycles. The molecule has 0 bridgehead atoms. The highest BCUT2D eigenvalue weighted by molar-refractivity contribution is 9.10. The first-order chi connectivity index (χ1) is 18.1. The van der Waals surface area contributed by atoms with Crippen molar-refractivity contribution in [1.82, 2.24) is 15.6 Å². The van der Waals surface area contributed by atoms with Crippen molar-refractivity contribution >= 4 is 33.4 Å². The summed E-state index contributed by atoms with van der Waals surface area (Å²) in [6.07, 6.45) is 7.38. The van der Waals surface area contributed by atoms with Crippen LogP contribution in [0.4, 0.5) is 0 Å². The van der Waals surface area contributed by atoms with Gasteiger partial charge >= 0.3 is 0 Å². The van der Waals surface area contributed by atoms with Crippen molar-refractivity contribution in [3.8, 4) is 17.1 Å². The molecule has 3 rings (SSSR count). The molecule has 1 aromatic heterocycles. The minimum absolute atomic E-state index is 0.0906. The van der Waals surface area contributed by atoms with Gasteiger partial charge in [0, 0.05) is 21.5 Å². The van der Waals surface area contributed by atoms with Gasteiger partial charge in [0.2, 0.25) is 11.8 Å². The molecule has 0 fully saturated rings. The van der Waals surface area contributed by atoms with Crippen molar-refractivity contribution in [2.45, 2.75) is 98.1 Å². The van der Waals surface area contributed by atoms with E-state index < -0.39 is 0 Å². The quantitative estimate of drug-likeness (QED) is 0.251. The maximum absolute atomic E-state index is 12.1. The SMILES string of the molecule is CCC(C)CC[C@@](CC)(NC)NC(=O)C(C)CC.COc1nc(-c2cccc(Br)c2Cl)cc2c1[C@H](C)CC2. The number of carbonyl (C=O) groups is 1. The lowest BCUT2D eigenvalue weighted by Crippen LogP contribution is -2.58. The van der Waals surface area contributed by atoms with E-state index in [0.29, 0.717) is 16.9 Å². The summed E-state index contributed by atoms with van der Waals surface area (Å²) < 4.78 is 6.37. The molecule has 1 aliphatic carbocycles. The Morgan fingerprint density at radius 2 is 1.97 bits per heavy atom. The number of amides is 1. The van der Waals surface area contributed by atoms with E-state index in [-0.39, 0.29) is 17.5 Å². The number of nitrogens with one attached hydrogen (secondary N) is 2. The van der Waals surface area contributed by atoms with Crippen LogP contribution in [0.2, 0.25) is 5.02 Å². The highest BCUT2D eigenvalue weighted by atomic mass is 79.9. The fourth-order valence-electron chi connectivity index (χ4n) is 4.76. The molecule has 2 N–H and O–H groups in total. The Bertz CT molecular complexity index is 1060. The second-order valence-corrected chi connectivity index (χ2v) is 11.9. The van der Waals surface area contributed by atoms with E-state index in [4.69, 9.17) is 16.3 Å². The van der Waals surface area contributed by atoms with Crippen molar-refractivity contribution in [2.75, 3.05) is 14.2 Å². The van der Waals surface area contributed by atoms with Gasteiger partial charge in [-0.3, -0.25) is 10.1 Å². The summed E-state index contributed by atoms with van der Waals surface area (Å²) in [7, 11) is 3.62. The number of pyridine rings is 1. The fraction of sp³-hybridized carbons (Fsp3) is 0.613. The predicted octanol–water partition coefficient (Wildman–Crippen LogP) is 8.52. The number of aryl methyl sites for hydroxylation is 1. The number of halogens is 2. The van der Waals surface area contributed by atoms with Gasteiger partial charge < -0.3 is 10.1 Å². The normalized spacial score (nSPS) is 17.5. The Morgan fingerprint density at radius 1 is 1.26 bits per heavy atom. The van der Waals surface area contributed by atoms with Gasteiger partial charge in [-0.2, -0.15) is 0 Å². The molecule has 4 atom stereocenters. The lowest BCUT2D eigenvalue weighted by molar-refractivity contribution is -0.127. The Hall–Kier alpha value is -1.63. The molecule has 1 aromatic carbocycles. The standard InChI is InChI=1S/C16H15BrClNO.C15H32N2O/c1-9-6-7-10-8-13(19-16(20-2)14(9)10)11-4-3-5-12(17)15(11)18;1-7-12(4)10-11-15(9-3,16-6)17-14(18)13(5)8-2/h3-5,8-9H,6-7H2,1-2H3;12-13,16H,7-11H2,1-6H3,(H,17,18)/t9-;12?,13?,15-/m10/s1. The number of nitrogens with zero attached hydrogens (tertiary/aromatic N) is 1. The van der Waals surface area contributed by atoms with Gasteiger partial charge in [0.05, 0.1) is 23.5 Å². The van der Waals surface area contributed by atoms with Gasteiger partial charge in [-0.1, -0.05) is 71.7 Å². The summed E-state index contributed by atoms with van der Waals surface area (Å²) >= 11 is 9.84. The molecule has 0 spiro atoms. The number of hydrogen-bond acceptors (Lipinski definition) is 4. The van der Waals surface area contributed by atoms with E-state index in [1.807, 2.05) is 32.2 Å². The van der Waals surface area contributed by atoms with Gasteiger partial charge in [0.1, 0.15) is 0 Å². The maximum Gasteiger partial charge on any atom is 0.224 e. The molecule has 0 saturated heterocycles. The summed E-state index contributed by atoms with van der Waals surface area (Å²) in [4.78, 5) is 16.7. The van der Waals surface area contributed by atoms with E-state index in [1.54, 1.807) is 7.11 Å². The summed E-state index contributed by atoms with van der Waals surface area (Å²) in [5, 5.41) is 7.22. The second kappa shape index (κ2) is 15.2. The van der Waals surface area contributed by atoms with Gasteiger partial charge in [-0.15, -0.1) is 0 Å². The minimum Gasteiger partial charge on any atom is -0.481 e. The third-order valence-corrected chi connectivity index (χ3v) is 9.43. The van der Waals surface area contributed by atoms with Crippen LogP contribution in [0.25, 0.3) is 11.3 Å². The predicted molar refractivity (Wildman–Crippen MR) is 164 cm³/mol. The van der Waals surface area contributed by atoms with Gasteiger partial charge in [-0.25, -0.2) is 4.98 Å². The number of aromatic nitrogens is 1. The molecule has 1 heterocycles. The Labute approximate surface area is 244 Å². The van der Waals surface area contributed by atoms with Crippen LogP contribution in [0, 0.1) is 11.8 Å². The zero-order valence-electron chi connectivity index (χ0n) is 24.5. The third-order valence-electron chi connectivity index (χ3n) is 8.14. The Balaban J connectivity index is 0.000000269. The van der Waals surface area contributed by atoms with E-state index in [1.165, 1.54) is 17.5 Å². The number of methoxy groups -OCH3 is 1. The first kappa shape index (κ1) is 32.6. The van der Waals surface area contributed by atoms with Crippen LogP contribution in [0.1, 0.15) is 97.1 Å². The zero-order chi connectivity index (χ0) is 28.5. The second-order valence-electron chi connectivity index (χ2n) is 10.7. The highest BCUT2D eigenvalue weighted by Crippen LogP contribution is 2.41. The van der Waals surface area contributed by atoms with Gasteiger partial charge in [0.25, 0.3) is 0 Å². The van der Waals surface area contributed by atoms with E-state index in [0.717, 1.165) is 60.1 Å². The molecule has 2 aromatic rings. The van der Waals surface area contributed by atoms with Crippen LogP contribution < -0.4 is 15.4 Å². The molecule has 212 valence electrons. The first-order valence-corrected chi connectivity index (χ1v) is 15.3. The van der Waals surface area contributed by atoms with E-state index >= 15 is 0 Å². The smallest absolute Gasteiger partial charge is 0.224 e. The largest absolute Gasteiger partial charge is 0.481 e. The molecule has 7 heteroatoms. The molecule has 1 aliphatic rings. The van der Waals surface area contributed by atoms with Crippen LogP contribution in [-0.2, 0) is 11.2 Å². The average molecular weight is 609 g/mol. The summed E-state index contributed by atoms with van der Waals surface area (Å²) in [5.41, 5.74) is 4.16. The first-order valence-electron chi connectivity index (χ1n) is 14.1. The molecule has 0 saturated carbocycles. The maximum atomic E-state index is 12.1. The van der Waals surface area contributed by atoms with E-state index in [9.17, 15) is 4.79 Å². The summed E-state index contributed by atoms with van der Waals surface area (Å²) in [5.74, 6) is 2.22. The molecular formula is C31H47BrClN3O2. The molecule has 2 unspecified atom stereocenters. The zero-order valence-corrected chi connectivity index (χ0v) is 26.9. The minimum atomic E-state index is -0.232. The molecule has 0 radical (unpaired) electrons. The molecular weight excluding hydrogens is 562 g/mol. The van der Waals surface area contributed by atoms with Crippen molar-refractivity contribution < 1.29 is 9.53 Å². The lowest BCUT2D eigenvalue weighted by Gasteiger charge is -2.35. The van der Waals surface area contributed by atoms with Gasteiger partial charge in [-0.05, 0) is 91.0 Å². The van der Waals surface area contributed by atoms with Crippen molar-refractivity contribution in [2.24, 2.45) is 11.8 Å². The number of ether oxygens (including phenoxy) is 1. The number of benzene rings is 1. The van der Waals surface area contributed by atoms with Crippen LogP contribution in [0.3, 0.4) is 0 Å².